The SMILES string of the molecule is C=C1CCC(n2c(C)nc3c(CCC(=O)CNc4ccc(C(C)(C)C)cc4)scc3c2=O)C(=O)N1. The van der Waals surface area contributed by atoms with Crippen molar-refractivity contribution in [3.8, 4) is 0 Å². The standard InChI is InChI=1S/C27H32N4O3S/c1-16-6-12-22(25(33)29-16)31-17(2)30-24-21(26(31)34)15-35-23(24)13-11-20(32)14-28-19-9-7-18(8-10-19)27(3,4)5/h7-10,15,22,28H,1,6,11-14H2,2-5H3,(H,29,33). The fourth-order valence-corrected chi connectivity index (χ4v) is 5.30. The summed E-state index contributed by atoms with van der Waals surface area (Å²) < 4.78 is 1.49. The molecule has 35 heavy (non-hydrogen) atoms. The van der Waals surface area contributed by atoms with E-state index in [4.69, 9.17) is 0 Å². The van der Waals surface area contributed by atoms with Gasteiger partial charge in [-0.05, 0) is 49.3 Å². The lowest BCUT2D eigenvalue weighted by Crippen LogP contribution is -2.41. The minimum Gasteiger partial charge on any atom is -0.378 e. The van der Waals surface area contributed by atoms with E-state index in [0.717, 1.165) is 10.6 Å². The van der Waals surface area contributed by atoms with E-state index in [9.17, 15) is 14.4 Å². The molecule has 0 aliphatic carbocycles. The zero-order valence-corrected chi connectivity index (χ0v) is 21.6. The van der Waals surface area contributed by atoms with Crippen LogP contribution in [0.25, 0.3) is 10.9 Å². The van der Waals surface area contributed by atoms with Gasteiger partial charge >= 0.3 is 0 Å². The molecule has 0 bridgehead atoms. The summed E-state index contributed by atoms with van der Waals surface area (Å²) in [5.41, 5.74) is 3.34. The number of rotatable bonds is 7. The molecule has 8 heteroatoms. The maximum absolute atomic E-state index is 13.2. The van der Waals surface area contributed by atoms with Gasteiger partial charge < -0.3 is 10.6 Å². The number of carbonyl (C=O) groups excluding carboxylic acids is 2. The summed E-state index contributed by atoms with van der Waals surface area (Å²) in [7, 11) is 0. The Morgan fingerprint density at radius 1 is 1.26 bits per heavy atom. The average molecular weight is 493 g/mol. The monoisotopic (exact) mass is 492 g/mol. The number of nitrogens with zero attached hydrogens (tertiary/aromatic N) is 2. The van der Waals surface area contributed by atoms with Crippen molar-refractivity contribution in [2.75, 3.05) is 11.9 Å². The number of anilines is 1. The molecule has 2 N–H and O–H groups in total. The van der Waals surface area contributed by atoms with E-state index >= 15 is 0 Å². The van der Waals surface area contributed by atoms with Crippen LogP contribution in [-0.2, 0) is 21.4 Å². The van der Waals surface area contributed by atoms with Crippen LogP contribution in [0.4, 0.5) is 5.69 Å². The largest absolute Gasteiger partial charge is 0.378 e. The number of ketones is 1. The highest BCUT2D eigenvalue weighted by molar-refractivity contribution is 7.11. The molecule has 1 aliphatic rings. The Kier molecular flexibility index (Phi) is 6.94. The number of amides is 1. The predicted molar refractivity (Wildman–Crippen MR) is 141 cm³/mol. The normalized spacial score (nSPS) is 16.4. The second-order valence-electron chi connectivity index (χ2n) is 10.1. The van der Waals surface area contributed by atoms with Gasteiger partial charge in [0.25, 0.3) is 5.56 Å². The van der Waals surface area contributed by atoms with Crippen LogP contribution in [0.5, 0.6) is 0 Å². The van der Waals surface area contributed by atoms with Gasteiger partial charge in [-0.25, -0.2) is 4.98 Å². The first-order valence-corrected chi connectivity index (χ1v) is 12.8. The van der Waals surface area contributed by atoms with Gasteiger partial charge in [0.15, 0.2) is 5.78 Å². The molecule has 1 atom stereocenters. The number of aromatic nitrogens is 2. The first-order valence-electron chi connectivity index (χ1n) is 11.9. The number of allylic oxidation sites excluding steroid dienone is 1. The summed E-state index contributed by atoms with van der Waals surface area (Å²) in [6, 6.07) is 7.58. The molecule has 1 saturated heterocycles. The van der Waals surface area contributed by atoms with Gasteiger partial charge in [0.05, 0.1) is 17.4 Å². The molecule has 7 nitrogen and oxygen atoms in total. The van der Waals surface area contributed by atoms with Crippen LogP contribution < -0.4 is 16.2 Å². The van der Waals surface area contributed by atoms with E-state index in [1.54, 1.807) is 12.3 Å². The van der Waals surface area contributed by atoms with Crippen LogP contribution in [0.1, 0.15) is 62.3 Å². The summed E-state index contributed by atoms with van der Waals surface area (Å²) in [5, 5.41) is 8.22. The lowest BCUT2D eigenvalue weighted by Gasteiger charge is -2.26. The lowest BCUT2D eigenvalue weighted by atomic mass is 9.87. The highest BCUT2D eigenvalue weighted by atomic mass is 32.1. The van der Waals surface area contributed by atoms with Crippen molar-refractivity contribution in [1.82, 2.24) is 14.9 Å². The van der Waals surface area contributed by atoms with E-state index in [1.807, 2.05) is 12.1 Å². The van der Waals surface area contributed by atoms with Crippen molar-refractivity contribution in [3.63, 3.8) is 0 Å². The molecular formula is C27H32N4O3S. The van der Waals surface area contributed by atoms with Crippen molar-refractivity contribution < 1.29 is 9.59 Å². The van der Waals surface area contributed by atoms with E-state index in [-0.39, 0.29) is 29.2 Å². The Hall–Kier alpha value is -3.26. The van der Waals surface area contributed by atoms with Crippen molar-refractivity contribution in [2.45, 2.75) is 64.8 Å². The van der Waals surface area contributed by atoms with Gasteiger partial charge in [0.2, 0.25) is 5.91 Å². The molecular weight excluding hydrogens is 460 g/mol. The number of hydrogen-bond donors (Lipinski definition) is 2. The number of aryl methyl sites for hydroxylation is 2. The van der Waals surface area contributed by atoms with Crippen LogP contribution in [0.2, 0.25) is 0 Å². The molecule has 0 spiro atoms. The molecule has 2 aromatic heterocycles. The molecule has 1 unspecified atom stereocenters. The molecule has 0 saturated carbocycles. The third-order valence-corrected chi connectivity index (χ3v) is 7.45. The number of carbonyl (C=O) groups is 2. The van der Waals surface area contributed by atoms with Crippen LogP contribution in [0.3, 0.4) is 0 Å². The van der Waals surface area contributed by atoms with Crippen LogP contribution in [0, 0.1) is 6.92 Å². The predicted octanol–water partition coefficient (Wildman–Crippen LogP) is 4.64. The molecule has 1 amide bonds. The average Bonchev–Trinajstić information content (AvgIpc) is 3.20. The first kappa shape index (κ1) is 24.9. The fourth-order valence-electron chi connectivity index (χ4n) is 4.34. The van der Waals surface area contributed by atoms with E-state index in [1.165, 1.54) is 21.5 Å². The lowest BCUT2D eigenvalue weighted by molar-refractivity contribution is -0.125. The third kappa shape index (κ3) is 5.37. The smallest absolute Gasteiger partial charge is 0.262 e. The number of Topliss-reactive ketones (excluding diaryl/α,β-unsaturated/α-hetero) is 1. The number of fused-ring (bicyclic) bond motifs is 1. The van der Waals surface area contributed by atoms with E-state index < -0.39 is 6.04 Å². The van der Waals surface area contributed by atoms with Gasteiger partial charge in [-0.2, -0.15) is 0 Å². The van der Waals surface area contributed by atoms with Gasteiger partial charge in [-0.15, -0.1) is 11.3 Å². The Labute approximate surface area is 209 Å². The van der Waals surface area contributed by atoms with Crippen molar-refractivity contribution in [2.24, 2.45) is 0 Å². The second-order valence-corrected chi connectivity index (χ2v) is 11.1. The number of piperidine rings is 1. The van der Waals surface area contributed by atoms with E-state index in [2.05, 4.69) is 55.1 Å². The van der Waals surface area contributed by atoms with Gasteiger partial charge in [0.1, 0.15) is 11.9 Å². The highest BCUT2D eigenvalue weighted by Gasteiger charge is 2.29. The molecule has 4 rings (SSSR count). The van der Waals surface area contributed by atoms with Crippen LogP contribution in [-0.4, -0.2) is 27.8 Å². The summed E-state index contributed by atoms with van der Waals surface area (Å²) in [4.78, 5) is 43.8. The Balaban J connectivity index is 1.42. The minimum atomic E-state index is -0.585. The zero-order chi connectivity index (χ0) is 25.3. The fraction of sp³-hybridized carbons (Fsp3) is 0.407. The Morgan fingerprint density at radius 3 is 2.63 bits per heavy atom. The molecule has 1 fully saturated rings. The van der Waals surface area contributed by atoms with Crippen molar-refractivity contribution >= 4 is 39.6 Å². The maximum atomic E-state index is 13.2. The molecule has 1 aliphatic heterocycles. The van der Waals surface area contributed by atoms with Gasteiger partial charge in [-0.1, -0.05) is 39.5 Å². The summed E-state index contributed by atoms with van der Waals surface area (Å²) >= 11 is 1.44. The molecule has 3 heterocycles. The minimum absolute atomic E-state index is 0.0887. The maximum Gasteiger partial charge on any atom is 0.262 e. The summed E-state index contributed by atoms with van der Waals surface area (Å²) in [5.74, 6) is 0.367. The molecule has 184 valence electrons. The first-order chi connectivity index (χ1) is 16.5. The number of benzene rings is 1. The zero-order valence-electron chi connectivity index (χ0n) is 20.7. The quantitative estimate of drug-likeness (QED) is 0.501. The molecule has 0 radical (unpaired) electrons. The van der Waals surface area contributed by atoms with Crippen LogP contribution in [0.15, 0.2) is 46.7 Å². The van der Waals surface area contributed by atoms with E-state index in [0.29, 0.717) is 48.1 Å². The third-order valence-electron chi connectivity index (χ3n) is 6.42. The number of hydrogen-bond acceptors (Lipinski definition) is 6. The number of nitrogens with one attached hydrogen (secondary N) is 2. The number of thiophene rings is 1. The van der Waals surface area contributed by atoms with Crippen molar-refractivity contribution in [3.05, 3.63) is 68.5 Å². The second kappa shape index (κ2) is 9.77. The topological polar surface area (TPSA) is 93.1 Å². The van der Waals surface area contributed by atoms with Crippen molar-refractivity contribution in [1.29, 1.82) is 0 Å². The molecule has 1 aromatic carbocycles. The Morgan fingerprint density at radius 2 is 1.97 bits per heavy atom. The summed E-state index contributed by atoms with van der Waals surface area (Å²) in [6.07, 6.45) is 2.04. The highest BCUT2D eigenvalue weighted by Crippen LogP contribution is 2.27. The summed E-state index contributed by atoms with van der Waals surface area (Å²) in [6.45, 7) is 12.3. The Bertz CT molecular complexity index is 1350. The molecule has 3 aromatic rings. The van der Waals surface area contributed by atoms with Gasteiger partial charge in [0, 0.05) is 28.1 Å². The van der Waals surface area contributed by atoms with Crippen LogP contribution >= 0.6 is 11.3 Å². The van der Waals surface area contributed by atoms with Gasteiger partial charge in [-0.3, -0.25) is 19.0 Å².